The van der Waals surface area contributed by atoms with Crippen molar-refractivity contribution in [2.75, 3.05) is 0 Å². The predicted molar refractivity (Wildman–Crippen MR) is 129 cm³/mol. The third kappa shape index (κ3) is 5.10. The average molecular weight is 452 g/mol. The molecule has 0 bridgehead atoms. The van der Waals surface area contributed by atoms with Gasteiger partial charge in [0.15, 0.2) is 11.5 Å². The molecule has 7 heteroatoms. The molecular weight excluding hydrogens is 422 g/mol. The lowest BCUT2D eigenvalue weighted by Gasteiger charge is -2.31. The van der Waals surface area contributed by atoms with Gasteiger partial charge in [-0.15, -0.1) is 21.6 Å². The maximum Gasteiger partial charge on any atom is 0.292 e. The number of azo groups is 1. The molecule has 0 aromatic carbocycles. The van der Waals surface area contributed by atoms with Crippen molar-refractivity contribution < 1.29 is 9.72 Å². The van der Waals surface area contributed by atoms with Crippen LogP contribution < -0.4 is 0 Å². The van der Waals surface area contributed by atoms with Crippen LogP contribution in [0.25, 0.3) is 5.70 Å². The van der Waals surface area contributed by atoms with Crippen molar-refractivity contribution in [3.63, 3.8) is 0 Å². The maximum absolute atomic E-state index is 13.3. The molecule has 0 fully saturated rings. The van der Waals surface area contributed by atoms with Gasteiger partial charge in [0.05, 0.1) is 9.80 Å². The van der Waals surface area contributed by atoms with Crippen molar-refractivity contribution >= 4 is 22.8 Å². The monoisotopic (exact) mass is 451 g/mol. The first-order valence-electron chi connectivity index (χ1n) is 10.6. The van der Waals surface area contributed by atoms with Gasteiger partial charge in [0, 0.05) is 16.7 Å². The Hall–Kier alpha value is -2.93. The summed E-state index contributed by atoms with van der Waals surface area (Å²) >= 11 is 1.51. The van der Waals surface area contributed by atoms with E-state index in [2.05, 4.69) is 10.2 Å². The summed E-state index contributed by atoms with van der Waals surface area (Å²) in [6.45, 7) is 12.1. The zero-order chi connectivity index (χ0) is 23.7. The normalized spacial score (nSPS) is 17.7. The highest BCUT2D eigenvalue weighted by atomic mass is 32.1. The van der Waals surface area contributed by atoms with Crippen LogP contribution in [-0.2, 0) is 4.79 Å². The van der Waals surface area contributed by atoms with E-state index in [4.69, 9.17) is 0 Å². The number of nitrogens with zero attached hydrogens (tertiary/aromatic N) is 3. The Kier molecular flexibility index (Phi) is 6.60. The molecule has 0 radical (unpaired) electrons. The van der Waals surface area contributed by atoms with Crippen LogP contribution in [0.4, 0.5) is 0 Å². The first kappa shape index (κ1) is 23.7. The maximum atomic E-state index is 13.3. The van der Waals surface area contributed by atoms with Gasteiger partial charge >= 0.3 is 0 Å². The van der Waals surface area contributed by atoms with Crippen molar-refractivity contribution in [2.45, 2.75) is 54.4 Å². The van der Waals surface area contributed by atoms with Gasteiger partial charge in [-0.05, 0) is 59.4 Å². The van der Waals surface area contributed by atoms with Gasteiger partial charge < -0.3 is 0 Å². The number of nitro groups is 1. The molecule has 1 aromatic heterocycles. The lowest BCUT2D eigenvalue weighted by Crippen LogP contribution is -2.28. The number of hydrogen-bond acceptors (Lipinski definition) is 6. The number of carbonyl (C=O) groups excluding carboxylic acids is 1. The zero-order valence-electron chi connectivity index (χ0n) is 19.4. The molecule has 0 N–H and O–H groups in total. The van der Waals surface area contributed by atoms with Crippen LogP contribution in [0, 0.1) is 20.9 Å². The van der Waals surface area contributed by atoms with Crippen LogP contribution in [0.2, 0.25) is 0 Å². The van der Waals surface area contributed by atoms with Crippen molar-refractivity contribution in [1.29, 1.82) is 0 Å². The summed E-state index contributed by atoms with van der Waals surface area (Å²) in [5, 5.41) is 22.2. The molecule has 2 aliphatic carbocycles. The summed E-state index contributed by atoms with van der Waals surface area (Å²) in [6.07, 6.45) is 8.42. The number of hydrogen-bond donors (Lipinski definition) is 0. The van der Waals surface area contributed by atoms with Gasteiger partial charge in [0.25, 0.3) is 5.70 Å². The van der Waals surface area contributed by atoms with Gasteiger partial charge in [-0.25, -0.2) is 0 Å². The molecule has 0 aliphatic heterocycles. The minimum Gasteiger partial charge on any atom is -0.289 e. The fourth-order valence-electron chi connectivity index (χ4n) is 3.56. The minimum absolute atomic E-state index is 0.0220. The Labute approximate surface area is 193 Å². The molecule has 0 atom stereocenters. The van der Waals surface area contributed by atoms with Crippen LogP contribution in [0.5, 0.6) is 0 Å². The van der Waals surface area contributed by atoms with Crippen LogP contribution >= 0.6 is 11.3 Å². The van der Waals surface area contributed by atoms with Gasteiger partial charge in [-0.2, -0.15) is 0 Å². The van der Waals surface area contributed by atoms with E-state index in [0.717, 1.165) is 10.5 Å². The van der Waals surface area contributed by atoms with Gasteiger partial charge in [0.1, 0.15) is 5.70 Å². The standard InChI is InChI=1S/C25H29N3O3S/c1-24(2,3)17-14-16(15-18(23(17)29)25(4,5)6)22(21-12-9-13-32-21)27-26-19-10-7-8-11-20(19)28(30)31/h9-15H,7-8H2,1-6H3. The number of carbonyl (C=O) groups is 1. The van der Waals surface area contributed by atoms with Crippen molar-refractivity contribution in [3.8, 4) is 0 Å². The molecule has 32 heavy (non-hydrogen) atoms. The molecule has 1 aromatic rings. The van der Waals surface area contributed by atoms with Gasteiger partial charge in [-0.3, -0.25) is 14.9 Å². The summed E-state index contributed by atoms with van der Waals surface area (Å²) in [6, 6.07) is 3.87. The predicted octanol–water partition coefficient (Wildman–Crippen LogP) is 7.28. The molecule has 6 nitrogen and oxygen atoms in total. The molecule has 0 saturated carbocycles. The molecule has 0 saturated heterocycles. The molecule has 3 rings (SSSR count). The topological polar surface area (TPSA) is 84.9 Å². The lowest BCUT2D eigenvalue weighted by atomic mass is 9.71. The fraction of sp³-hybridized carbons (Fsp3) is 0.400. The molecule has 0 spiro atoms. The molecule has 0 unspecified atom stereocenters. The Morgan fingerprint density at radius 3 is 2.12 bits per heavy atom. The first-order valence-corrected chi connectivity index (χ1v) is 11.5. The number of allylic oxidation sites excluding steroid dienone is 7. The van der Waals surface area contributed by atoms with Crippen LogP contribution in [0.1, 0.15) is 59.3 Å². The SMILES string of the molecule is CC(C)(C)C1=CC(=C(N=NC2=CCCC=C2[N+](=O)[O-])c2cccs2)C=C(C(C)(C)C)C1=O. The quantitative estimate of drug-likeness (QED) is 0.274. The molecule has 2 aliphatic rings. The second-order valence-electron chi connectivity index (χ2n) is 9.94. The third-order valence-corrected chi connectivity index (χ3v) is 6.17. The van der Waals surface area contributed by atoms with Crippen LogP contribution in [0.3, 0.4) is 0 Å². The Bertz CT molecular complexity index is 1080. The van der Waals surface area contributed by atoms with Crippen molar-refractivity contribution in [2.24, 2.45) is 21.1 Å². The van der Waals surface area contributed by atoms with Crippen LogP contribution in [0.15, 0.2) is 80.2 Å². The lowest BCUT2D eigenvalue weighted by molar-refractivity contribution is -0.421. The van der Waals surface area contributed by atoms with E-state index < -0.39 is 4.92 Å². The summed E-state index contributed by atoms with van der Waals surface area (Å²) < 4.78 is 0. The highest BCUT2D eigenvalue weighted by Crippen LogP contribution is 2.41. The average Bonchev–Trinajstić information content (AvgIpc) is 3.22. The molecule has 168 valence electrons. The third-order valence-electron chi connectivity index (χ3n) is 5.29. The van der Waals surface area contributed by atoms with Crippen LogP contribution in [-0.4, -0.2) is 10.7 Å². The number of ketones is 1. The van der Waals surface area contributed by atoms with Crippen molar-refractivity contribution in [3.05, 3.63) is 84.9 Å². The Morgan fingerprint density at radius 1 is 1.03 bits per heavy atom. The summed E-state index contributed by atoms with van der Waals surface area (Å²) in [5.41, 5.74) is 2.36. The number of rotatable bonds is 4. The summed E-state index contributed by atoms with van der Waals surface area (Å²) in [5.74, 6) is 0.0461. The van der Waals surface area contributed by atoms with E-state index in [-0.39, 0.29) is 28.0 Å². The van der Waals surface area contributed by atoms with E-state index >= 15 is 0 Å². The van der Waals surface area contributed by atoms with E-state index in [0.29, 0.717) is 29.7 Å². The van der Waals surface area contributed by atoms with Gasteiger partial charge in [-0.1, -0.05) is 47.6 Å². The molecular formula is C25H29N3O3S. The first-order chi connectivity index (χ1) is 14.9. The van der Waals surface area contributed by atoms with E-state index in [1.54, 1.807) is 12.2 Å². The number of Topliss-reactive ketones (excluding diaryl/α,β-unsaturated/α-hetero) is 1. The molecule has 0 amide bonds. The Morgan fingerprint density at radius 2 is 1.62 bits per heavy atom. The van der Waals surface area contributed by atoms with Gasteiger partial charge in [0.2, 0.25) is 0 Å². The second kappa shape index (κ2) is 8.90. The number of thiophene rings is 1. The van der Waals surface area contributed by atoms with E-state index in [9.17, 15) is 14.9 Å². The summed E-state index contributed by atoms with van der Waals surface area (Å²) in [4.78, 5) is 25.2. The smallest absolute Gasteiger partial charge is 0.289 e. The summed E-state index contributed by atoms with van der Waals surface area (Å²) in [7, 11) is 0. The Balaban J connectivity index is 2.22. The largest absolute Gasteiger partial charge is 0.292 e. The minimum atomic E-state index is -0.420. The second-order valence-corrected chi connectivity index (χ2v) is 10.9. The fourth-order valence-corrected chi connectivity index (χ4v) is 4.29. The molecule has 1 heterocycles. The highest BCUT2D eigenvalue weighted by molar-refractivity contribution is 7.11. The highest BCUT2D eigenvalue weighted by Gasteiger charge is 2.35. The van der Waals surface area contributed by atoms with Crippen molar-refractivity contribution in [1.82, 2.24) is 0 Å². The van der Waals surface area contributed by atoms with E-state index in [1.165, 1.54) is 11.3 Å². The van der Waals surface area contributed by atoms with E-state index in [1.807, 2.05) is 71.2 Å². The zero-order valence-corrected chi connectivity index (χ0v) is 20.2.